The standard InChI is InChI=1S/C14H18O3/c1-2-10-4-3-5-12(8-10)17-13-7-6-11(9-13)14(15)16/h3-5,8,11,13H,2,6-7,9H2,1H3,(H,15,16). The summed E-state index contributed by atoms with van der Waals surface area (Å²) in [4.78, 5) is 10.8. The number of carbonyl (C=O) groups is 1. The number of carboxylic acids is 1. The van der Waals surface area contributed by atoms with Gasteiger partial charge >= 0.3 is 5.97 Å². The van der Waals surface area contributed by atoms with Gasteiger partial charge in [0.15, 0.2) is 0 Å². The molecule has 92 valence electrons. The van der Waals surface area contributed by atoms with E-state index in [2.05, 4.69) is 13.0 Å². The van der Waals surface area contributed by atoms with Gasteiger partial charge in [0.25, 0.3) is 0 Å². The summed E-state index contributed by atoms with van der Waals surface area (Å²) in [5.41, 5.74) is 1.25. The maximum absolute atomic E-state index is 10.8. The Balaban J connectivity index is 1.95. The molecule has 2 atom stereocenters. The van der Waals surface area contributed by atoms with E-state index in [0.717, 1.165) is 25.0 Å². The summed E-state index contributed by atoms with van der Waals surface area (Å²) < 4.78 is 5.83. The summed E-state index contributed by atoms with van der Waals surface area (Å²) in [7, 11) is 0. The third-order valence-electron chi connectivity index (χ3n) is 3.34. The molecule has 3 heteroatoms. The Hall–Kier alpha value is -1.51. The lowest BCUT2D eigenvalue weighted by Crippen LogP contribution is -2.15. The topological polar surface area (TPSA) is 46.5 Å². The predicted molar refractivity (Wildman–Crippen MR) is 65.2 cm³/mol. The SMILES string of the molecule is CCc1cccc(OC2CCC(C(=O)O)C2)c1. The Morgan fingerprint density at radius 3 is 2.94 bits per heavy atom. The van der Waals surface area contributed by atoms with E-state index in [1.54, 1.807) is 0 Å². The lowest BCUT2D eigenvalue weighted by molar-refractivity contribution is -0.141. The molecular weight excluding hydrogens is 216 g/mol. The number of rotatable bonds is 4. The van der Waals surface area contributed by atoms with E-state index < -0.39 is 5.97 Å². The van der Waals surface area contributed by atoms with Gasteiger partial charge in [-0.15, -0.1) is 0 Å². The van der Waals surface area contributed by atoms with Gasteiger partial charge in [0, 0.05) is 0 Å². The number of benzene rings is 1. The molecular formula is C14H18O3. The molecule has 0 heterocycles. The number of hydrogen-bond donors (Lipinski definition) is 1. The summed E-state index contributed by atoms with van der Waals surface area (Å²) in [6.45, 7) is 2.11. The molecule has 1 aromatic carbocycles. The van der Waals surface area contributed by atoms with E-state index >= 15 is 0 Å². The zero-order chi connectivity index (χ0) is 12.3. The second kappa shape index (κ2) is 5.21. The zero-order valence-corrected chi connectivity index (χ0v) is 10.1. The first-order valence-corrected chi connectivity index (χ1v) is 6.17. The fourth-order valence-corrected chi connectivity index (χ4v) is 2.30. The van der Waals surface area contributed by atoms with E-state index in [4.69, 9.17) is 9.84 Å². The van der Waals surface area contributed by atoms with Gasteiger partial charge in [-0.1, -0.05) is 19.1 Å². The molecule has 2 unspecified atom stereocenters. The molecule has 0 radical (unpaired) electrons. The minimum Gasteiger partial charge on any atom is -0.490 e. The lowest BCUT2D eigenvalue weighted by atomic mass is 10.1. The van der Waals surface area contributed by atoms with Crippen LogP contribution in [0.1, 0.15) is 31.7 Å². The van der Waals surface area contributed by atoms with Crippen LogP contribution in [-0.2, 0) is 11.2 Å². The molecule has 2 rings (SSSR count). The maximum atomic E-state index is 10.8. The van der Waals surface area contributed by atoms with E-state index in [1.807, 2.05) is 18.2 Å². The molecule has 1 aromatic rings. The van der Waals surface area contributed by atoms with Crippen LogP contribution in [-0.4, -0.2) is 17.2 Å². The van der Waals surface area contributed by atoms with Crippen molar-refractivity contribution in [3.63, 3.8) is 0 Å². The van der Waals surface area contributed by atoms with Gasteiger partial charge in [-0.05, 0) is 43.4 Å². The molecule has 0 amide bonds. The molecule has 0 saturated heterocycles. The average Bonchev–Trinajstić information content (AvgIpc) is 2.78. The monoisotopic (exact) mass is 234 g/mol. The van der Waals surface area contributed by atoms with Gasteiger partial charge < -0.3 is 9.84 Å². The van der Waals surface area contributed by atoms with Crippen LogP contribution in [0.5, 0.6) is 5.75 Å². The number of aliphatic carboxylic acids is 1. The molecule has 1 aliphatic carbocycles. The molecule has 0 aromatic heterocycles. The highest BCUT2D eigenvalue weighted by molar-refractivity contribution is 5.70. The number of carboxylic acid groups (broad SMARTS) is 1. The van der Waals surface area contributed by atoms with Crippen molar-refractivity contribution in [3.8, 4) is 5.75 Å². The molecule has 1 fully saturated rings. The molecule has 0 bridgehead atoms. The summed E-state index contributed by atoms with van der Waals surface area (Å²) in [6, 6.07) is 8.03. The van der Waals surface area contributed by atoms with Gasteiger partial charge in [-0.25, -0.2) is 0 Å². The van der Waals surface area contributed by atoms with Crippen molar-refractivity contribution in [3.05, 3.63) is 29.8 Å². The molecule has 1 saturated carbocycles. The largest absolute Gasteiger partial charge is 0.490 e. The second-order valence-corrected chi connectivity index (χ2v) is 4.59. The van der Waals surface area contributed by atoms with Gasteiger partial charge in [0.05, 0.1) is 12.0 Å². The van der Waals surface area contributed by atoms with Crippen LogP contribution in [0.2, 0.25) is 0 Å². The maximum Gasteiger partial charge on any atom is 0.306 e. The first kappa shape index (κ1) is 12.0. The summed E-state index contributed by atoms with van der Waals surface area (Å²) >= 11 is 0. The van der Waals surface area contributed by atoms with Crippen molar-refractivity contribution < 1.29 is 14.6 Å². The summed E-state index contributed by atoms with van der Waals surface area (Å²) in [5.74, 6) is -0.0619. The molecule has 0 spiro atoms. The number of ether oxygens (including phenoxy) is 1. The van der Waals surface area contributed by atoms with Crippen LogP contribution < -0.4 is 4.74 Å². The third kappa shape index (κ3) is 2.99. The molecule has 1 aliphatic rings. The first-order chi connectivity index (χ1) is 8.19. The average molecular weight is 234 g/mol. The van der Waals surface area contributed by atoms with Crippen LogP contribution in [0.4, 0.5) is 0 Å². The van der Waals surface area contributed by atoms with E-state index in [9.17, 15) is 4.79 Å². The Bertz CT molecular complexity index is 400. The van der Waals surface area contributed by atoms with Crippen molar-refractivity contribution in [2.24, 2.45) is 5.92 Å². The van der Waals surface area contributed by atoms with Crippen LogP contribution in [0.25, 0.3) is 0 Å². The first-order valence-electron chi connectivity index (χ1n) is 6.17. The van der Waals surface area contributed by atoms with Crippen LogP contribution >= 0.6 is 0 Å². The van der Waals surface area contributed by atoms with E-state index in [1.165, 1.54) is 5.56 Å². The highest BCUT2D eigenvalue weighted by atomic mass is 16.5. The summed E-state index contributed by atoms with van der Waals surface area (Å²) in [5, 5.41) is 8.92. The van der Waals surface area contributed by atoms with Gasteiger partial charge in [-0.2, -0.15) is 0 Å². The van der Waals surface area contributed by atoms with Gasteiger partial charge in [0.2, 0.25) is 0 Å². The minimum atomic E-state index is -0.696. The summed E-state index contributed by atoms with van der Waals surface area (Å²) in [6.07, 6.45) is 3.25. The van der Waals surface area contributed by atoms with Crippen molar-refractivity contribution in [1.82, 2.24) is 0 Å². The molecule has 0 aliphatic heterocycles. The van der Waals surface area contributed by atoms with Crippen LogP contribution in [0, 0.1) is 5.92 Å². The smallest absolute Gasteiger partial charge is 0.306 e. The second-order valence-electron chi connectivity index (χ2n) is 4.59. The quantitative estimate of drug-likeness (QED) is 0.871. The Kier molecular flexibility index (Phi) is 3.67. The number of hydrogen-bond acceptors (Lipinski definition) is 2. The highest BCUT2D eigenvalue weighted by Crippen LogP contribution is 2.29. The van der Waals surface area contributed by atoms with Crippen molar-refractivity contribution in [2.75, 3.05) is 0 Å². The Morgan fingerprint density at radius 2 is 2.29 bits per heavy atom. The van der Waals surface area contributed by atoms with Crippen molar-refractivity contribution in [2.45, 2.75) is 38.7 Å². The number of aryl methyl sites for hydroxylation is 1. The van der Waals surface area contributed by atoms with Gasteiger partial charge in [-0.3, -0.25) is 4.79 Å². The van der Waals surface area contributed by atoms with E-state index in [-0.39, 0.29) is 12.0 Å². The van der Waals surface area contributed by atoms with Crippen molar-refractivity contribution >= 4 is 5.97 Å². The Labute approximate surface area is 101 Å². The van der Waals surface area contributed by atoms with Gasteiger partial charge in [0.1, 0.15) is 5.75 Å². The van der Waals surface area contributed by atoms with Crippen molar-refractivity contribution in [1.29, 1.82) is 0 Å². The fraction of sp³-hybridized carbons (Fsp3) is 0.500. The zero-order valence-electron chi connectivity index (χ0n) is 10.1. The molecule has 1 N–H and O–H groups in total. The molecule has 3 nitrogen and oxygen atoms in total. The van der Waals surface area contributed by atoms with Crippen LogP contribution in [0.3, 0.4) is 0 Å². The third-order valence-corrected chi connectivity index (χ3v) is 3.34. The lowest BCUT2D eigenvalue weighted by Gasteiger charge is -2.14. The predicted octanol–water partition coefficient (Wildman–Crippen LogP) is 2.88. The molecule has 17 heavy (non-hydrogen) atoms. The fourth-order valence-electron chi connectivity index (χ4n) is 2.30. The Morgan fingerprint density at radius 1 is 1.47 bits per heavy atom. The normalized spacial score (nSPS) is 23.6. The van der Waals surface area contributed by atoms with E-state index in [0.29, 0.717) is 6.42 Å². The highest BCUT2D eigenvalue weighted by Gasteiger charge is 2.30. The van der Waals surface area contributed by atoms with Crippen LogP contribution in [0.15, 0.2) is 24.3 Å². The minimum absolute atomic E-state index is 0.0585.